The summed E-state index contributed by atoms with van der Waals surface area (Å²) >= 11 is 0. The Morgan fingerprint density at radius 3 is 1.77 bits per heavy atom. The van der Waals surface area contributed by atoms with Crippen molar-refractivity contribution in [2.75, 3.05) is 31.2 Å². The molecule has 0 radical (unpaired) electrons. The lowest BCUT2D eigenvalue weighted by molar-refractivity contribution is -0.439. The highest BCUT2D eigenvalue weighted by Gasteiger charge is 2.24. The highest BCUT2D eigenvalue weighted by atomic mass is 32.2. The fourth-order valence-corrected chi connectivity index (χ4v) is 9.46. The van der Waals surface area contributed by atoms with Gasteiger partial charge < -0.3 is 9.45 Å². The first-order chi connectivity index (χ1) is 29.2. The van der Waals surface area contributed by atoms with Gasteiger partial charge in [-0.25, -0.2) is 8.42 Å². The zero-order chi connectivity index (χ0) is 44.0. The Balaban J connectivity index is 1.60. The lowest BCUT2D eigenvalue weighted by atomic mass is 9.90. The Bertz CT molecular complexity index is 2580. The van der Waals surface area contributed by atoms with Crippen LogP contribution >= 0.6 is 0 Å². The Morgan fingerprint density at radius 2 is 1.18 bits per heavy atom. The van der Waals surface area contributed by atoms with E-state index >= 15 is 0 Å². The molecule has 0 heterocycles. The van der Waals surface area contributed by atoms with Gasteiger partial charge in [0.15, 0.2) is 0 Å². The summed E-state index contributed by atoms with van der Waals surface area (Å²) in [5.74, 6) is 0. The second-order valence-electron chi connectivity index (χ2n) is 14.7. The molecule has 0 atom stereocenters. The lowest BCUT2D eigenvalue weighted by Gasteiger charge is -2.26. The van der Waals surface area contributed by atoms with Gasteiger partial charge in [-0.3, -0.25) is 8.37 Å². The highest BCUT2D eigenvalue weighted by Crippen LogP contribution is 2.36. The van der Waals surface area contributed by atoms with Crippen LogP contribution in [0.5, 0.6) is 0 Å². The molecule has 4 aromatic carbocycles. The molecule has 5 rings (SSSR count). The van der Waals surface area contributed by atoms with Gasteiger partial charge in [0.1, 0.15) is 21.6 Å². The molecule has 0 aliphatic heterocycles. The molecule has 0 unspecified atom stereocenters. The van der Waals surface area contributed by atoms with E-state index in [1.165, 1.54) is 24.3 Å². The summed E-state index contributed by atoms with van der Waals surface area (Å²) in [7, 11) is -12.8. The maximum atomic E-state index is 13.0. The fourth-order valence-electron chi connectivity index (χ4n) is 6.81. The molecule has 0 amide bonds. The SMILES string of the molecule is CCCCOS(=O)(=O)c1cccc(N(CCCC)c2ccc(C(=C3C=CC(=[N+](CCCC)c4cccc(S(=O)(=O)OCCCC)c4)C=C3)c3ccccc3S(=O)(=O)[O-])cc2)c1. The standard InChI is InChI=1S/C47H56N2O9S3/c1-5-9-31-48(41-17-15-19-43(35-41)60(53,54)57-33-11-7-3)39-27-23-37(24-28-39)47(45-21-13-14-22-46(45)59(50,51)52)38-25-29-40(30-26-38)49(32-10-6-2)42-18-16-20-44(36-42)61(55,56)58-34-12-8-4/h13-30,35-36H,5-12,31-34H2,1-4H3. The molecule has 1 aliphatic rings. The molecule has 0 saturated carbocycles. The van der Waals surface area contributed by atoms with Crippen LogP contribution in [-0.4, -0.2) is 66.4 Å². The van der Waals surface area contributed by atoms with Gasteiger partial charge in [0, 0.05) is 54.2 Å². The molecular formula is C47H56N2O9S3. The number of unbranched alkanes of at least 4 members (excludes halogenated alkanes) is 4. The van der Waals surface area contributed by atoms with Gasteiger partial charge in [-0.2, -0.15) is 21.4 Å². The topological polar surface area (TPSA) is 150 Å². The van der Waals surface area contributed by atoms with Crippen LogP contribution in [-0.2, 0) is 38.7 Å². The fraction of sp³-hybridized carbons (Fsp3) is 0.340. The minimum absolute atomic E-state index is 0.0659. The number of allylic oxidation sites excluding steroid dienone is 5. The van der Waals surface area contributed by atoms with Gasteiger partial charge in [0.25, 0.3) is 20.2 Å². The third-order valence-corrected chi connectivity index (χ3v) is 13.7. The van der Waals surface area contributed by atoms with Crippen LogP contribution in [0.4, 0.5) is 17.1 Å². The van der Waals surface area contributed by atoms with Crippen LogP contribution in [0.2, 0.25) is 0 Å². The zero-order valence-electron chi connectivity index (χ0n) is 35.3. The average molecular weight is 889 g/mol. The largest absolute Gasteiger partial charge is 0.744 e. The van der Waals surface area contributed by atoms with Crippen molar-refractivity contribution in [1.82, 2.24) is 0 Å². The van der Waals surface area contributed by atoms with Crippen LogP contribution in [0.3, 0.4) is 0 Å². The first-order valence-electron chi connectivity index (χ1n) is 20.9. The van der Waals surface area contributed by atoms with E-state index in [4.69, 9.17) is 8.37 Å². The van der Waals surface area contributed by atoms with E-state index in [0.29, 0.717) is 54.0 Å². The molecular weight excluding hydrogens is 833 g/mol. The molecule has 0 aromatic heterocycles. The monoisotopic (exact) mass is 888 g/mol. The molecule has 0 N–H and O–H groups in total. The van der Waals surface area contributed by atoms with Gasteiger partial charge in [-0.05, 0) is 90.6 Å². The van der Waals surface area contributed by atoms with Crippen LogP contribution in [0.15, 0.2) is 142 Å². The second-order valence-corrected chi connectivity index (χ2v) is 19.3. The molecule has 0 saturated heterocycles. The second kappa shape index (κ2) is 21.9. The maximum Gasteiger partial charge on any atom is 0.297 e. The Kier molecular flexibility index (Phi) is 17.0. The van der Waals surface area contributed by atoms with E-state index in [0.717, 1.165) is 49.9 Å². The normalized spacial score (nSPS) is 13.1. The number of hydrogen-bond donors (Lipinski definition) is 0. The Morgan fingerprint density at radius 1 is 0.607 bits per heavy atom. The minimum Gasteiger partial charge on any atom is -0.744 e. The van der Waals surface area contributed by atoms with E-state index in [1.807, 2.05) is 84.0 Å². The number of anilines is 2. The van der Waals surface area contributed by atoms with Crippen LogP contribution in [0, 0.1) is 0 Å². The third kappa shape index (κ3) is 12.5. The molecule has 0 fully saturated rings. The smallest absolute Gasteiger partial charge is 0.297 e. The molecule has 4 aromatic rings. The molecule has 14 heteroatoms. The highest BCUT2D eigenvalue weighted by molar-refractivity contribution is 7.87. The quantitative estimate of drug-likeness (QED) is 0.0323. The number of rotatable bonds is 22. The number of nitrogens with zero attached hydrogens (tertiary/aromatic N) is 2. The molecule has 11 nitrogen and oxygen atoms in total. The number of benzene rings is 4. The van der Waals surface area contributed by atoms with Crippen molar-refractivity contribution in [2.45, 2.75) is 93.7 Å². The van der Waals surface area contributed by atoms with E-state index in [1.54, 1.807) is 36.4 Å². The van der Waals surface area contributed by atoms with E-state index < -0.39 is 30.4 Å². The van der Waals surface area contributed by atoms with Crippen molar-refractivity contribution in [2.24, 2.45) is 0 Å². The van der Waals surface area contributed by atoms with Crippen molar-refractivity contribution in [3.63, 3.8) is 0 Å². The first-order valence-corrected chi connectivity index (χ1v) is 25.1. The summed E-state index contributed by atoms with van der Waals surface area (Å²) in [5, 5.41) is 0. The summed E-state index contributed by atoms with van der Waals surface area (Å²) in [6.45, 7) is 9.48. The van der Waals surface area contributed by atoms with Gasteiger partial charge in [0.05, 0.1) is 23.0 Å². The van der Waals surface area contributed by atoms with Crippen molar-refractivity contribution in [3.05, 3.63) is 138 Å². The van der Waals surface area contributed by atoms with E-state index in [-0.39, 0.29) is 33.5 Å². The summed E-state index contributed by atoms with van der Waals surface area (Å²) < 4.78 is 103. The van der Waals surface area contributed by atoms with Gasteiger partial charge in [-0.15, -0.1) is 0 Å². The Labute approximate surface area is 362 Å². The predicted molar refractivity (Wildman–Crippen MR) is 241 cm³/mol. The first kappa shape index (κ1) is 47.4. The number of hydrogen-bond acceptors (Lipinski definition) is 10. The zero-order valence-corrected chi connectivity index (χ0v) is 37.8. The van der Waals surface area contributed by atoms with Crippen molar-refractivity contribution < 1.29 is 42.7 Å². The summed E-state index contributed by atoms with van der Waals surface area (Å²) in [5.41, 5.74) is 4.95. The van der Waals surface area contributed by atoms with Crippen molar-refractivity contribution >= 4 is 58.7 Å². The van der Waals surface area contributed by atoms with Crippen LogP contribution < -0.4 is 4.90 Å². The maximum absolute atomic E-state index is 13.0. The Hall–Kier alpha value is -4.70. The van der Waals surface area contributed by atoms with Crippen molar-refractivity contribution in [3.8, 4) is 0 Å². The third-order valence-electron chi connectivity index (χ3n) is 10.1. The summed E-state index contributed by atoms with van der Waals surface area (Å²) in [6, 6.07) is 27.0. The van der Waals surface area contributed by atoms with Gasteiger partial charge in [0.2, 0.25) is 11.4 Å². The summed E-state index contributed by atoms with van der Waals surface area (Å²) in [6.07, 6.45) is 13.8. The van der Waals surface area contributed by atoms with Crippen LogP contribution in [0.25, 0.3) is 5.57 Å². The predicted octanol–water partition coefficient (Wildman–Crippen LogP) is 10.1. The molecule has 326 valence electrons. The minimum atomic E-state index is -4.88. The molecule has 61 heavy (non-hydrogen) atoms. The van der Waals surface area contributed by atoms with Crippen molar-refractivity contribution in [1.29, 1.82) is 0 Å². The molecule has 0 bridgehead atoms. The van der Waals surface area contributed by atoms with E-state index in [9.17, 15) is 29.8 Å². The molecule has 1 aliphatic carbocycles. The van der Waals surface area contributed by atoms with Gasteiger partial charge >= 0.3 is 0 Å². The molecule has 0 spiro atoms. The lowest BCUT2D eigenvalue weighted by Crippen LogP contribution is -2.19. The van der Waals surface area contributed by atoms with Crippen LogP contribution in [0.1, 0.15) is 90.2 Å². The summed E-state index contributed by atoms with van der Waals surface area (Å²) in [4.78, 5) is 1.81. The van der Waals surface area contributed by atoms with E-state index in [2.05, 4.69) is 13.8 Å². The van der Waals surface area contributed by atoms with Gasteiger partial charge in [-0.1, -0.05) is 95.8 Å². The average Bonchev–Trinajstić information content (AvgIpc) is 3.25.